The van der Waals surface area contributed by atoms with Gasteiger partial charge < -0.3 is 9.67 Å². The second kappa shape index (κ2) is 10.8. The number of carbonyl (C=O) groups is 1. The fourth-order valence-electron chi connectivity index (χ4n) is 5.06. The summed E-state index contributed by atoms with van der Waals surface area (Å²) in [6.45, 7) is 18.7. The zero-order valence-corrected chi connectivity index (χ0v) is 25.7. The molecule has 0 unspecified atom stereocenters. The number of hydrogen-bond acceptors (Lipinski definition) is 3. The summed E-state index contributed by atoms with van der Waals surface area (Å²) in [6.07, 6.45) is 5.99. The number of benzene rings is 1. The van der Waals surface area contributed by atoms with E-state index >= 15 is 0 Å². The molecule has 212 valence electrons. The maximum Gasteiger partial charge on any atom is 0.310 e. The van der Waals surface area contributed by atoms with E-state index in [-0.39, 0.29) is 22.3 Å². The van der Waals surface area contributed by atoms with E-state index in [1.165, 1.54) is 44.2 Å². The van der Waals surface area contributed by atoms with Crippen LogP contribution in [0.2, 0.25) is 0 Å². The van der Waals surface area contributed by atoms with E-state index in [0.717, 1.165) is 30.6 Å². The molecule has 1 aromatic heterocycles. The fraction of sp³-hybridized carbons (Fsp3) is 0.645. The molecule has 7 heteroatoms. The van der Waals surface area contributed by atoms with Crippen LogP contribution in [0.5, 0.6) is 0 Å². The highest BCUT2D eigenvalue weighted by Crippen LogP contribution is 2.37. The number of nitrogens with one attached hydrogen (secondary N) is 1. The highest BCUT2D eigenvalue weighted by molar-refractivity contribution is 7.89. The Hall–Kier alpha value is -2.12. The van der Waals surface area contributed by atoms with E-state index in [4.69, 9.17) is 0 Å². The van der Waals surface area contributed by atoms with Crippen LogP contribution < -0.4 is 4.72 Å². The minimum Gasteiger partial charge on any atom is -0.481 e. The molecule has 0 aliphatic heterocycles. The zero-order chi connectivity index (χ0) is 28.7. The molecule has 1 aliphatic carbocycles. The molecule has 38 heavy (non-hydrogen) atoms. The van der Waals surface area contributed by atoms with Crippen molar-refractivity contribution < 1.29 is 18.3 Å². The van der Waals surface area contributed by atoms with Crippen molar-refractivity contribution in [3.63, 3.8) is 0 Å². The van der Waals surface area contributed by atoms with E-state index in [0.29, 0.717) is 11.6 Å². The average Bonchev–Trinajstić information content (AvgIpc) is 3.14. The number of nitrogens with zero attached hydrogens (tertiary/aromatic N) is 1. The quantitative estimate of drug-likeness (QED) is 0.373. The van der Waals surface area contributed by atoms with E-state index in [1.54, 1.807) is 6.07 Å². The Bertz CT molecular complexity index is 1240. The SMILES string of the molecule is Cc1c(S(=O)(=O)NCC(C)(C)C(=O)O)cc(-c2cc(C(C)(C)C)cc(C(C)(C)C)c2)n1CC1CCCCC1. The molecule has 1 heterocycles. The van der Waals surface area contributed by atoms with Crippen LogP contribution in [-0.4, -0.2) is 30.6 Å². The number of sulfonamides is 1. The Balaban J connectivity index is 2.19. The van der Waals surface area contributed by atoms with Crippen LogP contribution in [0.1, 0.15) is 104 Å². The first-order valence-electron chi connectivity index (χ1n) is 13.9. The summed E-state index contributed by atoms with van der Waals surface area (Å²) in [7, 11) is -3.92. The Morgan fingerprint density at radius 2 is 1.45 bits per heavy atom. The second-order valence-electron chi connectivity index (χ2n) is 13.9. The largest absolute Gasteiger partial charge is 0.481 e. The van der Waals surface area contributed by atoms with Crippen LogP contribution in [0, 0.1) is 18.3 Å². The summed E-state index contributed by atoms with van der Waals surface area (Å²) in [5, 5.41) is 9.49. The molecule has 2 N–H and O–H groups in total. The first kappa shape index (κ1) is 30.4. The third kappa shape index (κ3) is 6.90. The molecule has 0 radical (unpaired) electrons. The van der Waals surface area contributed by atoms with Gasteiger partial charge in [-0.25, -0.2) is 13.1 Å². The maximum absolute atomic E-state index is 13.5. The van der Waals surface area contributed by atoms with Crippen LogP contribution in [0.15, 0.2) is 29.2 Å². The molecular weight excluding hydrogens is 496 g/mol. The van der Waals surface area contributed by atoms with Gasteiger partial charge in [-0.15, -0.1) is 0 Å². The molecule has 0 spiro atoms. The van der Waals surface area contributed by atoms with Gasteiger partial charge in [0.05, 0.1) is 5.41 Å². The predicted octanol–water partition coefficient (Wildman–Crippen LogP) is 7.03. The summed E-state index contributed by atoms with van der Waals surface area (Å²) in [5.74, 6) is -0.530. The second-order valence-corrected chi connectivity index (χ2v) is 15.6. The van der Waals surface area contributed by atoms with E-state index in [2.05, 4.69) is 69.0 Å². The summed E-state index contributed by atoms with van der Waals surface area (Å²) in [6, 6.07) is 8.48. The van der Waals surface area contributed by atoms with Gasteiger partial charge in [-0.2, -0.15) is 0 Å². The topological polar surface area (TPSA) is 88.4 Å². The lowest BCUT2D eigenvalue weighted by molar-refractivity contribution is -0.146. The van der Waals surface area contributed by atoms with Crippen molar-refractivity contribution in [3.05, 3.63) is 41.1 Å². The lowest BCUT2D eigenvalue weighted by atomic mass is 9.79. The lowest BCUT2D eigenvalue weighted by Crippen LogP contribution is -2.39. The van der Waals surface area contributed by atoms with Gasteiger partial charge in [-0.1, -0.05) is 66.9 Å². The minimum atomic E-state index is -3.92. The van der Waals surface area contributed by atoms with Gasteiger partial charge in [0.25, 0.3) is 0 Å². The molecule has 0 bridgehead atoms. The monoisotopic (exact) mass is 544 g/mol. The van der Waals surface area contributed by atoms with E-state index < -0.39 is 21.4 Å². The normalized spacial score (nSPS) is 16.1. The van der Waals surface area contributed by atoms with Crippen LogP contribution in [0.4, 0.5) is 0 Å². The van der Waals surface area contributed by atoms with Crippen molar-refractivity contribution in [3.8, 4) is 11.3 Å². The maximum atomic E-state index is 13.5. The van der Waals surface area contributed by atoms with Crippen LogP contribution in [0.25, 0.3) is 11.3 Å². The highest BCUT2D eigenvalue weighted by atomic mass is 32.2. The molecule has 1 aliphatic rings. The van der Waals surface area contributed by atoms with Crippen LogP contribution >= 0.6 is 0 Å². The first-order chi connectivity index (χ1) is 17.3. The fourth-order valence-corrected chi connectivity index (χ4v) is 6.54. The third-order valence-electron chi connectivity index (χ3n) is 8.02. The van der Waals surface area contributed by atoms with Gasteiger partial charge in [0.1, 0.15) is 4.90 Å². The Labute approximate surface area is 230 Å². The predicted molar refractivity (Wildman–Crippen MR) is 155 cm³/mol. The number of hydrogen-bond donors (Lipinski definition) is 2. The molecule has 1 saturated carbocycles. The molecule has 0 amide bonds. The lowest BCUT2D eigenvalue weighted by Gasteiger charge is -2.27. The third-order valence-corrected chi connectivity index (χ3v) is 9.54. The van der Waals surface area contributed by atoms with Crippen molar-refractivity contribution in [2.45, 2.75) is 117 Å². The molecule has 1 fully saturated rings. The summed E-state index contributed by atoms with van der Waals surface area (Å²) < 4.78 is 31.9. The van der Waals surface area contributed by atoms with Crippen molar-refractivity contribution in [2.24, 2.45) is 11.3 Å². The Kier molecular flexibility index (Phi) is 8.65. The Morgan fingerprint density at radius 1 is 0.921 bits per heavy atom. The molecule has 0 saturated heterocycles. The van der Waals surface area contributed by atoms with Gasteiger partial charge in [-0.05, 0) is 85.3 Å². The number of rotatable bonds is 8. The highest BCUT2D eigenvalue weighted by Gasteiger charge is 2.32. The van der Waals surface area contributed by atoms with Crippen molar-refractivity contribution in [1.29, 1.82) is 0 Å². The van der Waals surface area contributed by atoms with Gasteiger partial charge in [0.15, 0.2) is 0 Å². The smallest absolute Gasteiger partial charge is 0.310 e. The number of aliphatic carboxylic acids is 1. The Morgan fingerprint density at radius 3 is 1.92 bits per heavy atom. The molecular formula is C31H48N2O4S. The van der Waals surface area contributed by atoms with Crippen molar-refractivity contribution >= 4 is 16.0 Å². The first-order valence-corrected chi connectivity index (χ1v) is 15.4. The van der Waals surface area contributed by atoms with Gasteiger partial charge >= 0.3 is 5.97 Å². The van der Waals surface area contributed by atoms with Crippen molar-refractivity contribution in [1.82, 2.24) is 9.29 Å². The number of carboxylic acid groups (broad SMARTS) is 1. The van der Waals surface area contributed by atoms with Gasteiger partial charge in [0.2, 0.25) is 10.0 Å². The molecule has 1 aromatic carbocycles. The van der Waals surface area contributed by atoms with Gasteiger partial charge in [-0.3, -0.25) is 4.79 Å². The number of carboxylic acids is 1. The standard InChI is InChI=1S/C31H48N2O4S/c1-21-27(38(36,37)32-20-31(8,9)28(34)35)18-26(33(21)19-22-13-11-10-12-14-22)23-15-24(29(2,3)4)17-25(16-23)30(5,6)7/h15-18,22,32H,10-14,19-20H2,1-9H3,(H,34,35). The van der Waals surface area contributed by atoms with E-state index in [9.17, 15) is 18.3 Å². The van der Waals surface area contributed by atoms with E-state index in [1.807, 2.05) is 6.92 Å². The molecule has 6 nitrogen and oxygen atoms in total. The molecule has 3 rings (SSSR count). The van der Waals surface area contributed by atoms with Crippen molar-refractivity contribution in [2.75, 3.05) is 6.54 Å². The number of aromatic nitrogens is 1. The summed E-state index contributed by atoms with van der Waals surface area (Å²) in [4.78, 5) is 11.8. The zero-order valence-electron chi connectivity index (χ0n) is 24.9. The summed E-state index contributed by atoms with van der Waals surface area (Å²) >= 11 is 0. The summed E-state index contributed by atoms with van der Waals surface area (Å²) in [5.41, 5.74) is 3.72. The molecule has 2 aromatic rings. The van der Waals surface area contributed by atoms with Crippen LogP contribution in [-0.2, 0) is 32.2 Å². The van der Waals surface area contributed by atoms with Gasteiger partial charge in [0, 0.05) is 24.5 Å². The molecule has 0 atom stereocenters. The average molecular weight is 545 g/mol. The minimum absolute atomic E-state index is 0.0648. The van der Waals surface area contributed by atoms with Crippen LogP contribution in [0.3, 0.4) is 0 Å².